The summed E-state index contributed by atoms with van der Waals surface area (Å²) in [5.41, 5.74) is 18.5. The standard InChI is InChI=1S/C83H72ClN3O2/c1-81(2,3)59-35-41-62(42-36-59)85(67-47-48-77-71(53-67)69-28-16-17-31-75(69)88-77)65-25-19-26-66(52-65)86(63-43-37-60(38-44-63)82(4,5)6)73-50-58(78(55-22-11-10-12-23-55)57-34-33-54-21-13-14-24-56(54)49-57)51-74(79(73)84)87(64-45-39-61(40-46-64)83(7,8)9)72-30-20-29-70-68-27-15-18-32-76(68)89-80(70)72/h10-53,78H,1-9H3. The minimum atomic E-state index is -0.236. The summed E-state index contributed by atoms with van der Waals surface area (Å²) in [6.45, 7) is 20.4. The van der Waals surface area contributed by atoms with Gasteiger partial charge in [-0.3, -0.25) is 0 Å². The van der Waals surface area contributed by atoms with Gasteiger partial charge in [0.1, 0.15) is 16.7 Å². The Balaban J connectivity index is 1.06. The lowest BCUT2D eigenvalue weighted by Crippen LogP contribution is -2.18. The average molecular weight is 1180 g/mol. The number of hydrogen-bond acceptors (Lipinski definition) is 5. The van der Waals surface area contributed by atoms with Crippen LogP contribution in [0.3, 0.4) is 0 Å². The van der Waals surface area contributed by atoms with Crippen molar-refractivity contribution >= 4 is 117 Å². The molecule has 0 N–H and O–H groups in total. The summed E-state index contributed by atoms with van der Waals surface area (Å²) in [6.07, 6.45) is 0. The van der Waals surface area contributed by atoms with Crippen LogP contribution in [0.2, 0.25) is 5.02 Å². The van der Waals surface area contributed by atoms with Gasteiger partial charge in [-0.1, -0.05) is 238 Å². The lowest BCUT2D eigenvalue weighted by atomic mass is 9.83. The molecule has 1 atom stereocenters. The van der Waals surface area contributed by atoms with E-state index in [0.29, 0.717) is 5.02 Å². The molecule has 0 fully saturated rings. The van der Waals surface area contributed by atoms with E-state index in [9.17, 15) is 0 Å². The van der Waals surface area contributed by atoms with Crippen molar-refractivity contribution in [3.63, 3.8) is 0 Å². The van der Waals surface area contributed by atoms with Crippen LogP contribution >= 0.6 is 11.6 Å². The van der Waals surface area contributed by atoms with Crippen molar-refractivity contribution in [3.8, 4) is 0 Å². The molecular weight excluding hydrogens is 1110 g/mol. The maximum absolute atomic E-state index is 8.59. The third-order valence-electron chi connectivity index (χ3n) is 17.7. The maximum Gasteiger partial charge on any atom is 0.159 e. The predicted molar refractivity (Wildman–Crippen MR) is 377 cm³/mol. The number of furan rings is 2. The zero-order valence-electron chi connectivity index (χ0n) is 52.0. The molecule has 0 spiro atoms. The van der Waals surface area contributed by atoms with Crippen LogP contribution in [0.5, 0.6) is 0 Å². The van der Waals surface area contributed by atoms with Crippen LogP contribution < -0.4 is 14.7 Å². The number of benzene rings is 12. The minimum absolute atomic E-state index is 0.0363. The van der Waals surface area contributed by atoms with Gasteiger partial charge in [0.15, 0.2) is 5.58 Å². The second kappa shape index (κ2) is 22.4. The Bertz CT molecular complexity index is 4920. The van der Waals surface area contributed by atoms with E-state index < -0.39 is 0 Å². The molecule has 2 heterocycles. The first-order valence-electron chi connectivity index (χ1n) is 30.9. The summed E-state index contributed by atoms with van der Waals surface area (Å²) < 4.78 is 13.4. The highest BCUT2D eigenvalue weighted by Gasteiger charge is 2.31. The van der Waals surface area contributed by atoms with E-state index in [4.69, 9.17) is 20.4 Å². The van der Waals surface area contributed by atoms with Gasteiger partial charge in [-0.05, 0) is 164 Å². The van der Waals surface area contributed by atoms with Crippen molar-refractivity contribution in [1.82, 2.24) is 0 Å². The molecule has 14 aromatic rings. The average Bonchev–Trinajstić information content (AvgIpc) is 1.75. The normalized spacial score (nSPS) is 12.6. The fraction of sp³-hybridized carbons (Fsp3) is 0.157. The number of halogens is 1. The van der Waals surface area contributed by atoms with Gasteiger partial charge in [-0.25, -0.2) is 0 Å². The first-order chi connectivity index (χ1) is 42.9. The lowest BCUT2D eigenvalue weighted by molar-refractivity contribution is 0.590. The van der Waals surface area contributed by atoms with Crippen molar-refractivity contribution in [3.05, 3.63) is 305 Å². The van der Waals surface area contributed by atoms with Gasteiger partial charge in [0.2, 0.25) is 0 Å². The largest absolute Gasteiger partial charge is 0.456 e. The first-order valence-corrected chi connectivity index (χ1v) is 31.3. The van der Waals surface area contributed by atoms with Gasteiger partial charge in [0.05, 0.1) is 22.1 Å². The second-order valence-corrected chi connectivity index (χ2v) is 27.1. The summed E-state index contributed by atoms with van der Waals surface area (Å²) in [7, 11) is 0. The molecule has 14 rings (SSSR count). The monoisotopic (exact) mass is 1180 g/mol. The molecule has 0 aliphatic rings. The fourth-order valence-electron chi connectivity index (χ4n) is 12.9. The van der Waals surface area contributed by atoms with Crippen LogP contribution in [0, 0.1) is 0 Å². The van der Waals surface area contributed by atoms with Crippen LogP contribution in [-0.2, 0) is 16.2 Å². The Morgan fingerprint density at radius 3 is 1.37 bits per heavy atom. The minimum Gasteiger partial charge on any atom is -0.456 e. The second-order valence-electron chi connectivity index (χ2n) is 26.8. The molecule has 0 saturated carbocycles. The molecule has 12 aromatic carbocycles. The van der Waals surface area contributed by atoms with Crippen LogP contribution in [0.25, 0.3) is 54.6 Å². The summed E-state index contributed by atoms with van der Waals surface area (Å²) in [4.78, 5) is 7.05. The topological polar surface area (TPSA) is 36.0 Å². The number of hydrogen-bond donors (Lipinski definition) is 0. The summed E-state index contributed by atoms with van der Waals surface area (Å²) in [6, 6.07) is 96.7. The Morgan fingerprint density at radius 1 is 0.292 bits per heavy atom. The molecule has 1 unspecified atom stereocenters. The Hall–Kier alpha value is -9.81. The fourth-order valence-corrected chi connectivity index (χ4v) is 13.1. The molecule has 6 heteroatoms. The van der Waals surface area contributed by atoms with Gasteiger partial charge >= 0.3 is 0 Å². The smallest absolute Gasteiger partial charge is 0.159 e. The molecule has 0 amide bonds. The molecule has 2 aromatic heterocycles. The highest BCUT2D eigenvalue weighted by molar-refractivity contribution is 6.37. The van der Waals surface area contributed by atoms with Crippen molar-refractivity contribution in [2.75, 3.05) is 14.7 Å². The SMILES string of the molecule is CC(C)(C)c1ccc(N(c2cccc(N(c3ccc(C(C)(C)C)cc3)c3cc(C(c4ccccc4)c4ccc5ccccc5c4)cc(N(c4ccc(C(C)(C)C)cc4)c4cccc5c4oc4ccccc45)c3Cl)c2)c2ccc3oc4ccccc4c3c2)cc1. The van der Waals surface area contributed by atoms with E-state index in [2.05, 4.69) is 326 Å². The molecule has 89 heavy (non-hydrogen) atoms. The highest BCUT2D eigenvalue weighted by Crippen LogP contribution is 2.53. The number of nitrogens with zero attached hydrogens (tertiary/aromatic N) is 3. The third-order valence-corrected chi connectivity index (χ3v) is 18.1. The lowest BCUT2D eigenvalue weighted by Gasteiger charge is -2.34. The van der Waals surface area contributed by atoms with Gasteiger partial charge in [-0.2, -0.15) is 0 Å². The number of anilines is 9. The van der Waals surface area contributed by atoms with E-state index >= 15 is 0 Å². The maximum atomic E-state index is 8.59. The number of fused-ring (bicyclic) bond motifs is 7. The third kappa shape index (κ3) is 10.8. The van der Waals surface area contributed by atoms with Crippen LogP contribution in [0.1, 0.15) is 102 Å². The molecule has 0 aliphatic carbocycles. The zero-order valence-corrected chi connectivity index (χ0v) is 52.8. The van der Waals surface area contributed by atoms with Crippen LogP contribution in [-0.4, -0.2) is 0 Å². The van der Waals surface area contributed by atoms with Gasteiger partial charge in [0.25, 0.3) is 0 Å². The van der Waals surface area contributed by atoms with Crippen molar-refractivity contribution in [2.45, 2.75) is 84.5 Å². The molecular formula is C83H72ClN3O2. The van der Waals surface area contributed by atoms with E-state index in [1.165, 1.54) is 27.5 Å². The zero-order chi connectivity index (χ0) is 61.3. The van der Waals surface area contributed by atoms with Gasteiger partial charge < -0.3 is 23.5 Å². The molecule has 438 valence electrons. The highest BCUT2D eigenvalue weighted by atomic mass is 35.5. The van der Waals surface area contributed by atoms with Gasteiger partial charge in [0, 0.05) is 61.6 Å². The number of rotatable bonds is 12. The first kappa shape index (κ1) is 57.0. The summed E-state index contributed by atoms with van der Waals surface area (Å²) >= 11 is 8.59. The van der Waals surface area contributed by atoms with E-state index in [1.54, 1.807) is 0 Å². The van der Waals surface area contributed by atoms with Crippen LogP contribution in [0.15, 0.2) is 276 Å². The number of para-hydroxylation sites is 3. The van der Waals surface area contributed by atoms with Crippen molar-refractivity contribution in [2.24, 2.45) is 0 Å². The predicted octanol–water partition coefficient (Wildman–Crippen LogP) is 24.8. The molecule has 0 aliphatic heterocycles. The van der Waals surface area contributed by atoms with Gasteiger partial charge in [-0.15, -0.1) is 0 Å². The molecule has 0 radical (unpaired) electrons. The molecule has 0 bridgehead atoms. The van der Waals surface area contributed by atoms with E-state index in [-0.39, 0.29) is 22.2 Å². The Morgan fingerprint density at radius 2 is 0.753 bits per heavy atom. The van der Waals surface area contributed by atoms with Crippen molar-refractivity contribution in [1.29, 1.82) is 0 Å². The summed E-state index contributed by atoms with van der Waals surface area (Å²) in [5, 5.41) is 7.12. The Labute approximate surface area is 527 Å². The van der Waals surface area contributed by atoms with Crippen molar-refractivity contribution < 1.29 is 8.83 Å². The van der Waals surface area contributed by atoms with Crippen LogP contribution in [0.4, 0.5) is 51.2 Å². The summed E-state index contributed by atoms with van der Waals surface area (Å²) in [5.74, 6) is -0.236. The molecule has 0 saturated heterocycles. The quantitative estimate of drug-likeness (QED) is 0.114. The van der Waals surface area contributed by atoms with E-state index in [1.807, 2.05) is 18.2 Å². The van der Waals surface area contributed by atoms with E-state index in [0.717, 1.165) is 112 Å². The molecule has 5 nitrogen and oxygen atoms in total. The Kier molecular flexibility index (Phi) is 14.3.